The molecule has 0 saturated heterocycles. The highest BCUT2D eigenvalue weighted by Crippen LogP contribution is 2.31. The van der Waals surface area contributed by atoms with E-state index in [1.165, 1.54) is 0 Å². The molecule has 1 heterocycles. The number of rotatable bonds is 7. The molecule has 0 aliphatic rings. The van der Waals surface area contributed by atoms with E-state index >= 15 is 0 Å². The third-order valence-electron chi connectivity index (χ3n) is 4.74. The van der Waals surface area contributed by atoms with Gasteiger partial charge in [-0.3, -0.25) is 0 Å². The lowest BCUT2D eigenvalue weighted by molar-refractivity contribution is 0.414. The number of hydrogen-bond acceptors (Lipinski definition) is 7. The number of hydrazone groups is 1. The van der Waals surface area contributed by atoms with Gasteiger partial charge in [0.25, 0.3) is 5.95 Å². The van der Waals surface area contributed by atoms with Gasteiger partial charge in [-0.1, -0.05) is 29.3 Å². The molecule has 9 heteroatoms. The van der Waals surface area contributed by atoms with Gasteiger partial charge >= 0.3 is 0 Å². The van der Waals surface area contributed by atoms with E-state index in [2.05, 4.69) is 25.7 Å². The molecule has 33 heavy (non-hydrogen) atoms. The molecule has 0 bridgehead atoms. The number of nitrogens with one attached hydrogen (secondary N) is 1. The summed E-state index contributed by atoms with van der Waals surface area (Å²) in [7, 11) is 3.24. The SMILES string of the molecule is COc1ccc(-c2nnc(N/N=C/c3ccc(Cl)cc3Cl)nc2-c2ccc(OC)cc2)cc1. The third-order valence-corrected chi connectivity index (χ3v) is 5.31. The number of benzene rings is 3. The first-order chi connectivity index (χ1) is 16.1. The van der Waals surface area contributed by atoms with Crippen LogP contribution in [0, 0.1) is 0 Å². The summed E-state index contributed by atoms with van der Waals surface area (Å²) >= 11 is 12.1. The molecule has 0 unspecified atom stereocenters. The van der Waals surface area contributed by atoms with Gasteiger partial charge in [-0.2, -0.15) is 5.10 Å². The summed E-state index contributed by atoms with van der Waals surface area (Å²) < 4.78 is 10.5. The van der Waals surface area contributed by atoms with Crippen LogP contribution in [0.3, 0.4) is 0 Å². The Morgan fingerprint density at radius 2 is 1.39 bits per heavy atom. The third kappa shape index (κ3) is 5.39. The summed E-state index contributed by atoms with van der Waals surface area (Å²) in [5.41, 5.74) is 6.48. The van der Waals surface area contributed by atoms with Crippen LogP contribution in [0.2, 0.25) is 10.0 Å². The zero-order chi connectivity index (χ0) is 23.2. The summed E-state index contributed by atoms with van der Waals surface area (Å²) in [5, 5.41) is 13.8. The molecule has 1 N–H and O–H groups in total. The standard InChI is InChI=1S/C24H19Cl2N5O2/c1-32-19-9-4-15(5-10-19)22-23(16-6-11-20(33-2)12-7-16)29-31-24(28-22)30-27-14-17-3-8-18(25)13-21(17)26/h3-14H,1-2H3,(H,28,30,31)/b27-14+. The molecule has 0 atom stereocenters. The highest BCUT2D eigenvalue weighted by molar-refractivity contribution is 6.36. The lowest BCUT2D eigenvalue weighted by Crippen LogP contribution is -2.03. The molecule has 7 nitrogen and oxygen atoms in total. The van der Waals surface area contributed by atoms with E-state index in [0.29, 0.717) is 27.0 Å². The van der Waals surface area contributed by atoms with Crippen molar-refractivity contribution in [3.05, 3.63) is 82.3 Å². The second kappa shape index (κ2) is 10.3. The molecule has 0 aliphatic carbocycles. The first-order valence-electron chi connectivity index (χ1n) is 9.85. The molecule has 4 aromatic rings. The van der Waals surface area contributed by atoms with Crippen molar-refractivity contribution in [2.75, 3.05) is 19.6 Å². The molecule has 0 amide bonds. The van der Waals surface area contributed by atoms with Gasteiger partial charge in [0, 0.05) is 21.7 Å². The number of methoxy groups -OCH3 is 2. The molecule has 3 aromatic carbocycles. The highest BCUT2D eigenvalue weighted by atomic mass is 35.5. The Hall–Kier alpha value is -3.68. The fraction of sp³-hybridized carbons (Fsp3) is 0.0833. The average Bonchev–Trinajstić information content (AvgIpc) is 2.85. The van der Waals surface area contributed by atoms with E-state index in [-0.39, 0.29) is 5.95 Å². The minimum Gasteiger partial charge on any atom is -0.497 e. The fourth-order valence-electron chi connectivity index (χ4n) is 3.03. The molecule has 4 rings (SSSR count). The maximum Gasteiger partial charge on any atom is 0.263 e. The van der Waals surface area contributed by atoms with Gasteiger partial charge in [0.15, 0.2) is 0 Å². The minimum absolute atomic E-state index is 0.236. The van der Waals surface area contributed by atoms with E-state index in [0.717, 1.165) is 22.6 Å². The predicted molar refractivity (Wildman–Crippen MR) is 131 cm³/mol. The van der Waals surface area contributed by atoms with Crippen molar-refractivity contribution in [3.8, 4) is 34.0 Å². The van der Waals surface area contributed by atoms with Crippen molar-refractivity contribution < 1.29 is 9.47 Å². The Labute approximate surface area is 201 Å². The van der Waals surface area contributed by atoms with Crippen LogP contribution in [0.5, 0.6) is 11.5 Å². The van der Waals surface area contributed by atoms with Crippen LogP contribution in [0.15, 0.2) is 71.8 Å². The van der Waals surface area contributed by atoms with Crippen molar-refractivity contribution >= 4 is 35.4 Å². The van der Waals surface area contributed by atoms with Crippen LogP contribution >= 0.6 is 23.2 Å². The van der Waals surface area contributed by atoms with Gasteiger partial charge in [0.05, 0.1) is 25.5 Å². The molecule has 0 fully saturated rings. The van der Waals surface area contributed by atoms with Crippen LogP contribution in [-0.2, 0) is 0 Å². The Kier molecular flexibility index (Phi) is 7.02. The normalized spacial score (nSPS) is 10.9. The summed E-state index contributed by atoms with van der Waals surface area (Å²) in [4.78, 5) is 4.66. The van der Waals surface area contributed by atoms with Gasteiger partial charge in [-0.15, -0.1) is 10.2 Å². The Morgan fingerprint density at radius 3 is 1.97 bits per heavy atom. The van der Waals surface area contributed by atoms with Gasteiger partial charge in [0.1, 0.15) is 22.9 Å². The van der Waals surface area contributed by atoms with Gasteiger partial charge in [0.2, 0.25) is 0 Å². The smallest absolute Gasteiger partial charge is 0.263 e. The molecule has 0 radical (unpaired) electrons. The van der Waals surface area contributed by atoms with E-state index < -0.39 is 0 Å². The predicted octanol–water partition coefficient (Wildman–Crippen LogP) is 5.98. The molecular weight excluding hydrogens is 461 g/mol. The monoisotopic (exact) mass is 479 g/mol. The number of nitrogens with zero attached hydrogens (tertiary/aromatic N) is 4. The van der Waals surface area contributed by atoms with Crippen LogP contribution < -0.4 is 14.9 Å². The average molecular weight is 480 g/mol. The molecule has 1 aromatic heterocycles. The maximum absolute atomic E-state index is 6.19. The zero-order valence-corrected chi connectivity index (χ0v) is 19.3. The molecule has 0 spiro atoms. The summed E-state index contributed by atoms with van der Waals surface area (Å²) in [6, 6.07) is 20.2. The first kappa shape index (κ1) is 22.5. The van der Waals surface area contributed by atoms with E-state index in [4.69, 9.17) is 32.7 Å². The quantitative estimate of drug-likeness (QED) is 0.259. The van der Waals surface area contributed by atoms with Crippen LogP contribution in [0.1, 0.15) is 5.56 Å². The van der Waals surface area contributed by atoms with E-state index in [1.807, 2.05) is 48.5 Å². The first-order valence-corrected chi connectivity index (χ1v) is 10.6. The lowest BCUT2D eigenvalue weighted by atomic mass is 10.0. The van der Waals surface area contributed by atoms with Crippen LogP contribution in [-0.4, -0.2) is 35.6 Å². The Morgan fingerprint density at radius 1 is 0.788 bits per heavy atom. The number of halogens is 2. The van der Waals surface area contributed by atoms with Gasteiger partial charge in [-0.25, -0.2) is 10.4 Å². The summed E-state index contributed by atoms with van der Waals surface area (Å²) in [6.45, 7) is 0. The second-order valence-corrected chi connectivity index (χ2v) is 7.67. The van der Waals surface area contributed by atoms with Crippen molar-refractivity contribution in [2.45, 2.75) is 0 Å². The number of anilines is 1. The minimum atomic E-state index is 0.236. The zero-order valence-electron chi connectivity index (χ0n) is 17.8. The number of aromatic nitrogens is 3. The molecule has 166 valence electrons. The lowest BCUT2D eigenvalue weighted by Gasteiger charge is -2.10. The second-order valence-electron chi connectivity index (χ2n) is 6.83. The van der Waals surface area contributed by atoms with Gasteiger partial charge < -0.3 is 9.47 Å². The van der Waals surface area contributed by atoms with Gasteiger partial charge in [-0.05, 0) is 60.7 Å². The van der Waals surface area contributed by atoms with Crippen molar-refractivity contribution in [3.63, 3.8) is 0 Å². The maximum atomic E-state index is 6.19. The van der Waals surface area contributed by atoms with Crippen molar-refractivity contribution in [1.82, 2.24) is 15.2 Å². The van der Waals surface area contributed by atoms with E-state index in [9.17, 15) is 0 Å². The Balaban J connectivity index is 1.68. The number of hydrogen-bond donors (Lipinski definition) is 1. The summed E-state index contributed by atoms with van der Waals surface area (Å²) in [5.74, 6) is 1.73. The van der Waals surface area contributed by atoms with Crippen molar-refractivity contribution in [2.24, 2.45) is 5.10 Å². The Bertz CT molecular complexity index is 1280. The highest BCUT2D eigenvalue weighted by Gasteiger charge is 2.14. The van der Waals surface area contributed by atoms with Crippen LogP contribution in [0.25, 0.3) is 22.5 Å². The number of ether oxygens (including phenoxy) is 2. The molecular formula is C24H19Cl2N5O2. The molecule has 0 saturated carbocycles. The summed E-state index contributed by atoms with van der Waals surface area (Å²) in [6.07, 6.45) is 1.56. The van der Waals surface area contributed by atoms with E-state index in [1.54, 1.807) is 38.6 Å². The largest absolute Gasteiger partial charge is 0.497 e. The molecule has 0 aliphatic heterocycles. The van der Waals surface area contributed by atoms with Crippen molar-refractivity contribution in [1.29, 1.82) is 0 Å². The topological polar surface area (TPSA) is 81.5 Å². The van der Waals surface area contributed by atoms with Crippen LogP contribution in [0.4, 0.5) is 5.95 Å². The fourth-order valence-corrected chi connectivity index (χ4v) is 3.49.